The molecule has 0 aliphatic heterocycles. The third-order valence-corrected chi connectivity index (χ3v) is 7.23. The Labute approximate surface area is 219 Å². The van der Waals surface area contributed by atoms with Gasteiger partial charge in [-0.15, -0.1) is 0 Å². The molecule has 1 unspecified atom stereocenters. The molecule has 1 N–H and O–H groups in total. The summed E-state index contributed by atoms with van der Waals surface area (Å²) in [5.74, 6) is 1.03. The number of thioether (sulfide) groups is 1. The Morgan fingerprint density at radius 2 is 1.42 bits per heavy atom. The lowest BCUT2D eigenvalue weighted by Gasteiger charge is -2.16. The van der Waals surface area contributed by atoms with Crippen molar-refractivity contribution in [1.29, 1.82) is 0 Å². The van der Waals surface area contributed by atoms with Crippen LogP contribution >= 0.6 is 11.8 Å². The summed E-state index contributed by atoms with van der Waals surface area (Å²) in [6, 6.07) is 31.3. The second-order valence-corrected chi connectivity index (χ2v) is 10.4. The zero-order chi connectivity index (χ0) is 25.3. The highest BCUT2D eigenvalue weighted by Crippen LogP contribution is 2.38. The van der Waals surface area contributed by atoms with E-state index in [9.17, 15) is 4.79 Å². The molecule has 0 bridgehead atoms. The Balaban J connectivity index is 1.41. The third-order valence-electron chi connectivity index (χ3n) is 6.20. The molecule has 1 amide bonds. The molecular formula is C31H35N3OS. The van der Waals surface area contributed by atoms with E-state index in [1.54, 1.807) is 11.8 Å². The van der Waals surface area contributed by atoms with Crippen LogP contribution in [0, 0.1) is 0 Å². The topological polar surface area (TPSA) is 46.9 Å². The lowest BCUT2D eigenvalue weighted by molar-refractivity contribution is -0.121. The van der Waals surface area contributed by atoms with Gasteiger partial charge in [0, 0.05) is 29.3 Å². The molecule has 1 aromatic heterocycles. The summed E-state index contributed by atoms with van der Waals surface area (Å²) < 4.78 is 2.36. The largest absolute Gasteiger partial charge is 0.350 e. The Kier molecular flexibility index (Phi) is 9.01. The molecule has 36 heavy (non-hydrogen) atoms. The minimum Gasteiger partial charge on any atom is -0.350 e. The van der Waals surface area contributed by atoms with Gasteiger partial charge in [-0.25, -0.2) is 4.98 Å². The lowest BCUT2D eigenvalue weighted by atomic mass is 10.0. The maximum absolute atomic E-state index is 12.4. The zero-order valence-corrected chi connectivity index (χ0v) is 22.2. The average molecular weight is 498 g/mol. The van der Waals surface area contributed by atoms with Gasteiger partial charge in [0.05, 0.1) is 17.4 Å². The standard InChI is InChI=1S/C31H35N3OS/c1-23(2)34-30(27-19-11-6-12-20-27)29(26-17-9-5-10-18-26)33-31(34)36-22-14-13-21-28(35)32-24(3)25-15-7-4-8-16-25/h4-12,15-20,23-24H,13-14,21-22H2,1-3H3,(H,32,35). The molecule has 0 fully saturated rings. The van der Waals surface area contributed by atoms with Gasteiger partial charge in [0.2, 0.25) is 5.91 Å². The summed E-state index contributed by atoms with van der Waals surface area (Å²) in [4.78, 5) is 17.6. The first-order chi connectivity index (χ1) is 17.5. The maximum atomic E-state index is 12.4. The van der Waals surface area contributed by atoms with E-state index in [1.165, 1.54) is 5.56 Å². The molecule has 186 valence electrons. The van der Waals surface area contributed by atoms with Crippen molar-refractivity contribution in [2.45, 2.75) is 57.3 Å². The molecule has 1 atom stereocenters. The second-order valence-electron chi connectivity index (χ2n) is 9.29. The number of imidazole rings is 1. The van der Waals surface area contributed by atoms with Crippen LogP contribution in [0.1, 0.15) is 57.7 Å². The SMILES string of the molecule is CC(NC(=O)CCCCSc1nc(-c2ccccc2)c(-c2ccccc2)n1C(C)C)c1ccccc1. The predicted octanol–water partition coefficient (Wildman–Crippen LogP) is 7.94. The van der Waals surface area contributed by atoms with Gasteiger partial charge in [-0.3, -0.25) is 4.79 Å². The van der Waals surface area contributed by atoms with Crippen molar-refractivity contribution in [3.05, 3.63) is 96.6 Å². The normalized spacial score (nSPS) is 12.0. The number of unbranched alkanes of at least 4 members (excludes halogenated alkanes) is 1. The van der Waals surface area contributed by atoms with Gasteiger partial charge in [0.25, 0.3) is 0 Å². The van der Waals surface area contributed by atoms with E-state index in [1.807, 2.05) is 49.4 Å². The fourth-order valence-electron chi connectivity index (χ4n) is 4.35. The number of carbonyl (C=O) groups excluding carboxylic acids is 1. The minimum absolute atomic E-state index is 0.0272. The van der Waals surface area contributed by atoms with Crippen molar-refractivity contribution in [2.75, 3.05) is 5.75 Å². The predicted molar refractivity (Wildman–Crippen MR) is 151 cm³/mol. The first-order valence-corrected chi connectivity index (χ1v) is 13.7. The van der Waals surface area contributed by atoms with Gasteiger partial charge < -0.3 is 9.88 Å². The van der Waals surface area contributed by atoms with Gasteiger partial charge >= 0.3 is 0 Å². The van der Waals surface area contributed by atoms with Crippen molar-refractivity contribution in [1.82, 2.24) is 14.9 Å². The Morgan fingerprint density at radius 1 is 0.833 bits per heavy atom. The number of nitrogens with zero attached hydrogens (tertiary/aromatic N) is 2. The van der Waals surface area contributed by atoms with Gasteiger partial charge in [0.1, 0.15) is 0 Å². The van der Waals surface area contributed by atoms with Crippen molar-refractivity contribution >= 4 is 17.7 Å². The highest BCUT2D eigenvalue weighted by Gasteiger charge is 2.22. The van der Waals surface area contributed by atoms with E-state index < -0.39 is 0 Å². The van der Waals surface area contributed by atoms with Gasteiger partial charge in [-0.1, -0.05) is 103 Å². The molecule has 1 heterocycles. The van der Waals surface area contributed by atoms with Crippen LogP contribution in [-0.4, -0.2) is 21.2 Å². The number of hydrogen-bond acceptors (Lipinski definition) is 3. The number of benzene rings is 3. The van der Waals surface area contributed by atoms with Gasteiger partial charge in [0.15, 0.2) is 5.16 Å². The minimum atomic E-state index is 0.0272. The highest BCUT2D eigenvalue weighted by atomic mass is 32.2. The molecule has 4 nitrogen and oxygen atoms in total. The van der Waals surface area contributed by atoms with Crippen LogP contribution in [0.25, 0.3) is 22.5 Å². The molecule has 0 radical (unpaired) electrons. The van der Waals surface area contributed by atoms with Crippen LogP contribution in [0.5, 0.6) is 0 Å². The molecule has 0 aliphatic rings. The number of rotatable bonds is 11. The maximum Gasteiger partial charge on any atom is 0.220 e. The van der Waals surface area contributed by atoms with Crippen LogP contribution in [0.15, 0.2) is 96.2 Å². The zero-order valence-electron chi connectivity index (χ0n) is 21.4. The third kappa shape index (κ3) is 6.46. The summed E-state index contributed by atoms with van der Waals surface area (Å²) in [6.07, 6.45) is 2.37. The van der Waals surface area contributed by atoms with Crippen LogP contribution in [0.2, 0.25) is 0 Å². The molecule has 0 saturated carbocycles. The quantitative estimate of drug-likeness (QED) is 0.169. The fraction of sp³-hybridized carbons (Fsp3) is 0.290. The van der Waals surface area contributed by atoms with Crippen LogP contribution < -0.4 is 5.32 Å². The van der Waals surface area contributed by atoms with Crippen molar-refractivity contribution in [3.63, 3.8) is 0 Å². The number of nitrogens with one attached hydrogen (secondary N) is 1. The molecule has 0 saturated heterocycles. The van der Waals surface area contributed by atoms with Gasteiger partial charge in [-0.2, -0.15) is 0 Å². The molecular weight excluding hydrogens is 462 g/mol. The Morgan fingerprint density at radius 3 is 2.03 bits per heavy atom. The molecule has 5 heteroatoms. The van der Waals surface area contributed by atoms with Crippen molar-refractivity contribution < 1.29 is 4.79 Å². The Hall–Kier alpha value is -3.31. The molecule has 0 aliphatic carbocycles. The van der Waals surface area contributed by atoms with E-state index in [-0.39, 0.29) is 18.0 Å². The van der Waals surface area contributed by atoms with E-state index in [2.05, 4.69) is 72.3 Å². The number of amides is 1. The summed E-state index contributed by atoms with van der Waals surface area (Å²) in [7, 11) is 0. The van der Waals surface area contributed by atoms with E-state index in [4.69, 9.17) is 4.98 Å². The summed E-state index contributed by atoms with van der Waals surface area (Å²) in [5.41, 5.74) is 5.61. The van der Waals surface area contributed by atoms with Gasteiger partial charge in [-0.05, 0) is 39.2 Å². The first kappa shape index (κ1) is 25.8. The number of hydrogen-bond donors (Lipinski definition) is 1. The van der Waals surface area contributed by atoms with Crippen LogP contribution in [0.3, 0.4) is 0 Å². The molecule has 4 rings (SSSR count). The Bertz CT molecular complexity index is 1240. The van der Waals surface area contributed by atoms with E-state index in [0.29, 0.717) is 6.42 Å². The molecule has 3 aromatic carbocycles. The highest BCUT2D eigenvalue weighted by molar-refractivity contribution is 7.99. The summed E-state index contributed by atoms with van der Waals surface area (Å²) >= 11 is 1.78. The second kappa shape index (κ2) is 12.6. The monoisotopic (exact) mass is 497 g/mol. The number of carbonyl (C=O) groups is 1. The van der Waals surface area contributed by atoms with E-state index >= 15 is 0 Å². The van der Waals surface area contributed by atoms with Crippen LogP contribution in [-0.2, 0) is 4.79 Å². The van der Waals surface area contributed by atoms with Crippen LogP contribution in [0.4, 0.5) is 0 Å². The van der Waals surface area contributed by atoms with Crippen molar-refractivity contribution in [2.24, 2.45) is 0 Å². The summed E-state index contributed by atoms with van der Waals surface area (Å²) in [5, 5.41) is 4.15. The smallest absolute Gasteiger partial charge is 0.220 e. The van der Waals surface area contributed by atoms with E-state index in [0.717, 1.165) is 46.3 Å². The average Bonchev–Trinajstić information content (AvgIpc) is 3.30. The number of aromatic nitrogens is 2. The summed E-state index contributed by atoms with van der Waals surface area (Å²) in [6.45, 7) is 6.46. The molecule has 0 spiro atoms. The molecule has 4 aromatic rings. The fourth-order valence-corrected chi connectivity index (χ4v) is 5.48. The lowest BCUT2D eigenvalue weighted by Crippen LogP contribution is -2.26. The first-order valence-electron chi connectivity index (χ1n) is 12.7. The van der Waals surface area contributed by atoms with Crippen molar-refractivity contribution in [3.8, 4) is 22.5 Å².